The maximum absolute atomic E-state index is 10.8. The second kappa shape index (κ2) is 9.26. The van der Waals surface area contributed by atoms with E-state index in [0.717, 1.165) is 16.8 Å². The second-order valence-corrected chi connectivity index (χ2v) is 7.73. The Balaban J connectivity index is 1.93. The fourth-order valence-corrected chi connectivity index (χ4v) is 4.10. The summed E-state index contributed by atoms with van der Waals surface area (Å²) in [6, 6.07) is 27.5. The molecule has 0 saturated heterocycles. The van der Waals surface area contributed by atoms with Crippen LogP contribution in [0, 0.1) is 6.92 Å². The molecule has 0 aliphatic rings. The Morgan fingerprint density at radius 2 is 1.60 bits per heavy atom. The van der Waals surface area contributed by atoms with Crippen LogP contribution in [0.3, 0.4) is 0 Å². The van der Waals surface area contributed by atoms with Gasteiger partial charge in [-0.15, -0.1) is 0 Å². The number of aliphatic hydroxyl groups excluding tert-OH is 1. The lowest BCUT2D eigenvalue weighted by atomic mass is 9.98. The van der Waals surface area contributed by atoms with Crippen LogP contribution in [0.2, 0.25) is 0 Å². The van der Waals surface area contributed by atoms with E-state index < -0.39 is 6.10 Å². The van der Waals surface area contributed by atoms with E-state index in [4.69, 9.17) is 5.73 Å². The molecule has 0 amide bonds. The molecule has 4 nitrogen and oxygen atoms in total. The Bertz CT molecular complexity index is 1100. The Morgan fingerprint density at radius 3 is 2.27 bits per heavy atom. The maximum atomic E-state index is 10.8. The lowest BCUT2D eigenvalue weighted by Crippen LogP contribution is -2.33. The van der Waals surface area contributed by atoms with Crippen molar-refractivity contribution >= 4 is 10.9 Å². The first-order chi connectivity index (χ1) is 14.7. The Labute approximate surface area is 178 Å². The molecule has 4 heteroatoms. The number of fused-ring (bicyclic) bond motifs is 1. The molecule has 0 aliphatic carbocycles. The molecule has 154 valence electrons. The molecule has 0 radical (unpaired) electrons. The molecule has 1 atom stereocenters. The van der Waals surface area contributed by atoms with Gasteiger partial charge in [0.15, 0.2) is 0 Å². The van der Waals surface area contributed by atoms with Crippen molar-refractivity contribution in [3.63, 3.8) is 0 Å². The van der Waals surface area contributed by atoms with Gasteiger partial charge in [0, 0.05) is 36.1 Å². The van der Waals surface area contributed by atoms with Gasteiger partial charge in [0.05, 0.1) is 18.3 Å². The van der Waals surface area contributed by atoms with Gasteiger partial charge < -0.3 is 20.7 Å². The Morgan fingerprint density at radius 1 is 0.933 bits per heavy atom. The van der Waals surface area contributed by atoms with Gasteiger partial charge >= 0.3 is 0 Å². The summed E-state index contributed by atoms with van der Waals surface area (Å²) in [5, 5.41) is 15.2. The van der Waals surface area contributed by atoms with Gasteiger partial charge in [0.1, 0.15) is 0 Å². The van der Waals surface area contributed by atoms with E-state index in [-0.39, 0.29) is 0 Å². The molecule has 4 N–H and O–H groups in total. The predicted molar refractivity (Wildman–Crippen MR) is 125 cm³/mol. The molecule has 1 unspecified atom stereocenters. The van der Waals surface area contributed by atoms with Crippen molar-refractivity contribution in [2.75, 3.05) is 19.6 Å². The first kappa shape index (κ1) is 20.4. The fraction of sp³-hybridized carbons (Fsp3) is 0.231. The number of hydrogen-bond acceptors (Lipinski definition) is 3. The molecule has 4 aromatic rings. The highest BCUT2D eigenvalue weighted by molar-refractivity contribution is 6.04. The Kier molecular flexibility index (Phi) is 6.29. The van der Waals surface area contributed by atoms with Gasteiger partial charge in [0.2, 0.25) is 0 Å². The van der Waals surface area contributed by atoms with Gasteiger partial charge in [-0.05, 0) is 30.2 Å². The third kappa shape index (κ3) is 4.17. The largest absolute Gasteiger partial charge is 0.390 e. The van der Waals surface area contributed by atoms with E-state index in [1.54, 1.807) is 0 Å². The molecule has 1 heterocycles. The minimum absolute atomic E-state index is 0.508. The van der Waals surface area contributed by atoms with Crippen molar-refractivity contribution in [3.05, 3.63) is 84.4 Å². The molecule has 0 spiro atoms. The van der Waals surface area contributed by atoms with Gasteiger partial charge in [-0.2, -0.15) is 0 Å². The van der Waals surface area contributed by atoms with Crippen LogP contribution in [0.4, 0.5) is 0 Å². The number of benzene rings is 3. The lowest BCUT2D eigenvalue weighted by molar-refractivity contribution is 0.154. The van der Waals surface area contributed by atoms with Gasteiger partial charge in [-0.1, -0.05) is 72.3 Å². The number of nitrogens with zero attached hydrogens (tertiary/aromatic N) is 1. The van der Waals surface area contributed by atoms with Crippen LogP contribution < -0.4 is 11.1 Å². The second-order valence-electron chi connectivity index (χ2n) is 7.73. The molecule has 0 fully saturated rings. The third-order valence-corrected chi connectivity index (χ3v) is 5.42. The zero-order chi connectivity index (χ0) is 20.9. The Hall–Kier alpha value is -2.92. The van der Waals surface area contributed by atoms with Crippen LogP contribution >= 0.6 is 0 Å². The number of nitrogens with one attached hydrogen (secondary N) is 1. The van der Waals surface area contributed by atoms with Gasteiger partial charge in [-0.3, -0.25) is 0 Å². The number of aromatic nitrogens is 1. The quantitative estimate of drug-likeness (QED) is 0.389. The number of aliphatic hydroxyl groups is 1. The summed E-state index contributed by atoms with van der Waals surface area (Å²) < 4.78 is 2.27. The van der Waals surface area contributed by atoms with Crippen molar-refractivity contribution in [1.82, 2.24) is 9.88 Å². The van der Waals surface area contributed by atoms with Crippen molar-refractivity contribution in [1.29, 1.82) is 0 Å². The van der Waals surface area contributed by atoms with Crippen molar-refractivity contribution in [2.24, 2.45) is 5.73 Å². The van der Waals surface area contributed by atoms with E-state index in [2.05, 4.69) is 83.5 Å². The molecule has 0 saturated carbocycles. The number of rotatable bonds is 8. The smallest absolute Gasteiger partial charge is 0.0843 e. The van der Waals surface area contributed by atoms with Crippen LogP contribution in [0.25, 0.3) is 33.3 Å². The minimum Gasteiger partial charge on any atom is -0.390 e. The first-order valence-corrected chi connectivity index (χ1v) is 10.5. The molecule has 3 aromatic carbocycles. The highest BCUT2D eigenvalue weighted by atomic mass is 16.3. The highest BCUT2D eigenvalue weighted by Gasteiger charge is 2.21. The summed E-state index contributed by atoms with van der Waals surface area (Å²) >= 11 is 0. The van der Waals surface area contributed by atoms with E-state index in [1.807, 2.05) is 12.1 Å². The summed E-state index contributed by atoms with van der Waals surface area (Å²) in [5.41, 5.74) is 12.6. The standard InChI is InChI=1S/C26H29N3O/c1-19-12-13-24-23(16-19)25(20-8-4-2-5-9-20)26(21-10-6-3-7-11-21)29(24)18-22(30)17-28-15-14-27/h2-13,16,22,28,30H,14-15,17-18,27H2,1H3. The number of aryl methyl sites for hydroxylation is 1. The molecule has 0 bridgehead atoms. The first-order valence-electron chi connectivity index (χ1n) is 10.5. The van der Waals surface area contributed by atoms with Crippen LogP contribution in [0.1, 0.15) is 5.56 Å². The summed E-state index contributed by atoms with van der Waals surface area (Å²) in [4.78, 5) is 0. The third-order valence-electron chi connectivity index (χ3n) is 5.42. The zero-order valence-electron chi connectivity index (χ0n) is 17.4. The number of hydrogen-bond donors (Lipinski definition) is 3. The SMILES string of the molecule is Cc1ccc2c(c1)c(-c1ccccc1)c(-c1ccccc1)n2CC(O)CNCCN. The number of nitrogens with two attached hydrogens (primary N) is 1. The average Bonchev–Trinajstić information content (AvgIpc) is 3.08. The van der Waals surface area contributed by atoms with Crippen LogP contribution in [-0.4, -0.2) is 35.4 Å². The van der Waals surface area contributed by atoms with Crippen molar-refractivity contribution < 1.29 is 5.11 Å². The van der Waals surface area contributed by atoms with E-state index >= 15 is 0 Å². The van der Waals surface area contributed by atoms with Crippen LogP contribution in [0.15, 0.2) is 78.9 Å². The maximum Gasteiger partial charge on any atom is 0.0843 e. The molecular formula is C26H29N3O. The highest BCUT2D eigenvalue weighted by Crippen LogP contribution is 2.41. The lowest BCUT2D eigenvalue weighted by Gasteiger charge is -2.17. The summed E-state index contributed by atoms with van der Waals surface area (Å²) in [6.07, 6.45) is -0.514. The van der Waals surface area contributed by atoms with Gasteiger partial charge in [-0.25, -0.2) is 0 Å². The summed E-state index contributed by atoms with van der Waals surface area (Å²) in [6.45, 7) is 4.40. The monoisotopic (exact) mass is 399 g/mol. The molecule has 30 heavy (non-hydrogen) atoms. The summed E-state index contributed by atoms with van der Waals surface area (Å²) in [7, 11) is 0. The van der Waals surface area contributed by atoms with E-state index in [1.165, 1.54) is 22.1 Å². The summed E-state index contributed by atoms with van der Waals surface area (Å²) in [5.74, 6) is 0. The molecule has 0 aliphatic heterocycles. The van der Waals surface area contributed by atoms with Crippen molar-refractivity contribution in [2.45, 2.75) is 19.6 Å². The molecular weight excluding hydrogens is 370 g/mol. The van der Waals surface area contributed by atoms with E-state index in [9.17, 15) is 5.11 Å². The topological polar surface area (TPSA) is 63.2 Å². The van der Waals surface area contributed by atoms with Crippen molar-refractivity contribution in [3.8, 4) is 22.4 Å². The zero-order valence-corrected chi connectivity index (χ0v) is 17.4. The predicted octanol–water partition coefficient (Wildman–Crippen LogP) is 4.19. The average molecular weight is 400 g/mol. The molecule has 1 aromatic heterocycles. The van der Waals surface area contributed by atoms with Crippen LogP contribution in [0.5, 0.6) is 0 Å². The minimum atomic E-state index is -0.514. The van der Waals surface area contributed by atoms with E-state index in [0.29, 0.717) is 26.2 Å². The van der Waals surface area contributed by atoms with Gasteiger partial charge in [0.25, 0.3) is 0 Å². The normalized spacial score (nSPS) is 12.4. The molecule has 4 rings (SSSR count). The van der Waals surface area contributed by atoms with Crippen LogP contribution in [-0.2, 0) is 6.54 Å². The fourth-order valence-electron chi connectivity index (χ4n) is 4.10.